The highest BCUT2D eigenvalue weighted by atomic mass is 79.9. The molecule has 0 bridgehead atoms. The Morgan fingerprint density at radius 1 is 0.939 bits per heavy atom. The fourth-order valence-corrected chi connectivity index (χ4v) is 3.76. The Bertz CT molecular complexity index is 1040. The fourth-order valence-electron chi connectivity index (χ4n) is 3.49. The van der Waals surface area contributed by atoms with Crippen LogP contribution in [0.4, 0.5) is 0 Å². The van der Waals surface area contributed by atoms with E-state index in [1.807, 2.05) is 80.6 Å². The molecule has 0 spiro atoms. The lowest BCUT2D eigenvalue weighted by Crippen LogP contribution is -2.51. The van der Waals surface area contributed by atoms with Gasteiger partial charge in [-0.25, -0.2) is 0 Å². The third kappa shape index (κ3) is 7.46. The molecule has 33 heavy (non-hydrogen) atoms. The number of carbonyl (C=O) groups is 2. The van der Waals surface area contributed by atoms with E-state index in [9.17, 15) is 9.59 Å². The number of benzene rings is 3. The molecule has 1 atom stereocenters. The maximum absolute atomic E-state index is 13.4. The highest BCUT2D eigenvalue weighted by Crippen LogP contribution is 2.18. The van der Waals surface area contributed by atoms with Crippen LogP contribution in [0.1, 0.15) is 23.6 Å². The number of hydrogen-bond donors (Lipinski definition) is 1. The second kappa shape index (κ2) is 12.2. The molecular weight excluding hydrogens is 480 g/mol. The highest BCUT2D eigenvalue weighted by Gasteiger charge is 2.30. The molecule has 0 saturated heterocycles. The fraction of sp³-hybridized carbons (Fsp3) is 0.259. The quantitative estimate of drug-likeness (QED) is 0.423. The van der Waals surface area contributed by atoms with Crippen LogP contribution in [0, 0.1) is 6.92 Å². The van der Waals surface area contributed by atoms with E-state index in [4.69, 9.17) is 4.74 Å². The predicted molar refractivity (Wildman–Crippen MR) is 134 cm³/mol. The molecule has 0 aliphatic rings. The third-order valence-corrected chi connectivity index (χ3v) is 5.80. The van der Waals surface area contributed by atoms with Gasteiger partial charge in [0.1, 0.15) is 11.8 Å². The van der Waals surface area contributed by atoms with Crippen LogP contribution in [-0.4, -0.2) is 35.9 Å². The van der Waals surface area contributed by atoms with Gasteiger partial charge in [0.05, 0.1) is 0 Å². The van der Waals surface area contributed by atoms with E-state index in [2.05, 4.69) is 21.2 Å². The first kappa shape index (κ1) is 24.5. The molecule has 0 radical (unpaired) electrons. The molecular formula is C27H29BrN2O3. The number of rotatable bonds is 10. The molecule has 0 unspecified atom stereocenters. The van der Waals surface area contributed by atoms with Crippen molar-refractivity contribution >= 4 is 27.7 Å². The molecule has 3 aromatic carbocycles. The van der Waals surface area contributed by atoms with Crippen LogP contribution >= 0.6 is 15.9 Å². The lowest BCUT2D eigenvalue weighted by Gasteiger charge is -2.31. The van der Waals surface area contributed by atoms with Crippen LogP contribution in [0.2, 0.25) is 0 Å². The zero-order valence-corrected chi connectivity index (χ0v) is 20.5. The molecule has 6 heteroatoms. The van der Waals surface area contributed by atoms with Crippen LogP contribution in [0.25, 0.3) is 0 Å². The number of amides is 2. The number of likely N-dealkylation sites (N-methyl/N-ethyl adjacent to an activating group) is 1. The smallest absolute Gasteiger partial charge is 0.261 e. The molecule has 1 N–H and O–H groups in total. The average molecular weight is 509 g/mol. The first-order valence-corrected chi connectivity index (χ1v) is 11.8. The number of carbonyl (C=O) groups excluding carboxylic acids is 2. The van der Waals surface area contributed by atoms with Crippen molar-refractivity contribution in [1.82, 2.24) is 10.2 Å². The standard InChI is InChI=1S/C27H29BrN2O3/c1-3-29-27(32)25(17-21-7-5-4-6-8-21)30(18-22-11-9-20(2)10-12-22)26(31)19-33-24-15-13-23(28)14-16-24/h4-16,25H,3,17-19H2,1-2H3,(H,29,32)/t25-/m1/s1. The maximum Gasteiger partial charge on any atom is 0.261 e. The molecule has 3 rings (SSSR count). The Labute approximate surface area is 203 Å². The number of aryl methyl sites for hydroxylation is 1. The largest absolute Gasteiger partial charge is 0.484 e. The van der Waals surface area contributed by atoms with Gasteiger partial charge < -0.3 is 15.0 Å². The van der Waals surface area contributed by atoms with Gasteiger partial charge in [0.15, 0.2) is 6.61 Å². The molecule has 0 heterocycles. The van der Waals surface area contributed by atoms with Gasteiger partial charge in [-0.2, -0.15) is 0 Å². The molecule has 0 aromatic heterocycles. The molecule has 2 amide bonds. The van der Waals surface area contributed by atoms with Gasteiger partial charge in [0.25, 0.3) is 5.91 Å². The van der Waals surface area contributed by atoms with Crippen molar-refractivity contribution in [2.45, 2.75) is 32.9 Å². The molecule has 0 aliphatic carbocycles. The Morgan fingerprint density at radius 3 is 2.24 bits per heavy atom. The average Bonchev–Trinajstić information content (AvgIpc) is 2.82. The zero-order valence-electron chi connectivity index (χ0n) is 19.0. The van der Waals surface area contributed by atoms with Crippen LogP contribution in [0.3, 0.4) is 0 Å². The normalized spacial score (nSPS) is 11.5. The Kier molecular flexibility index (Phi) is 9.07. The van der Waals surface area contributed by atoms with E-state index in [0.717, 1.165) is 21.2 Å². The first-order valence-electron chi connectivity index (χ1n) is 11.0. The van der Waals surface area contributed by atoms with Crippen molar-refractivity contribution in [1.29, 1.82) is 0 Å². The van der Waals surface area contributed by atoms with E-state index in [1.165, 1.54) is 0 Å². The molecule has 0 fully saturated rings. The molecule has 3 aromatic rings. The lowest BCUT2D eigenvalue weighted by atomic mass is 10.0. The van der Waals surface area contributed by atoms with Gasteiger partial charge in [-0.05, 0) is 49.2 Å². The van der Waals surface area contributed by atoms with Crippen molar-refractivity contribution < 1.29 is 14.3 Å². The van der Waals surface area contributed by atoms with E-state index >= 15 is 0 Å². The van der Waals surface area contributed by atoms with Gasteiger partial charge >= 0.3 is 0 Å². The van der Waals surface area contributed by atoms with E-state index in [-0.39, 0.29) is 18.4 Å². The van der Waals surface area contributed by atoms with Crippen LogP contribution in [-0.2, 0) is 22.6 Å². The lowest BCUT2D eigenvalue weighted by molar-refractivity contribution is -0.142. The predicted octanol–water partition coefficient (Wildman–Crippen LogP) is 4.91. The topological polar surface area (TPSA) is 58.6 Å². The van der Waals surface area contributed by atoms with Crippen LogP contribution < -0.4 is 10.1 Å². The zero-order chi connectivity index (χ0) is 23.6. The summed E-state index contributed by atoms with van der Waals surface area (Å²) in [4.78, 5) is 28.1. The van der Waals surface area contributed by atoms with Gasteiger partial charge in [-0.3, -0.25) is 9.59 Å². The van der Waals surface area contributed by atoms with Gasteiger partial charge in [0, 0.05) is 24.0 Å². The summed E-state index contributed by atoms with van der Waals surface area (Å²) in [7, 11) is 0. The van der Waals surface area contributed by atoms with Gasteiger partial charge in [-0.15, -0.1) is 0 Å². The summed E-state index contributed by atoms with van der Waals surface area (Å²) in [6.07, 6.45) is 0.419. The van der Waals surface area contributed by atoms with Crippen molar-refractivity contribution in [3.8, 4) is 5.75 Å². The first-order chi connectivity index (χ1) is 16.0. The second-order valence-electron chi connectivity index (χ2n) is 7.85. The number of ether oxygens (including phenoxy) is 1. The minimum absolute atomic E-state index is 0.155. The molecule has 0 aliphatic heterocycles. The molecule has 0 saturated carbocycles. The van der Waals surface area contributed by atoms with Gasteiger partial charge in [0.2, 0.25) is 5.91 Å². The van der Waals surface area contributed by atoms with Crippen molar-refractivity contribution in [3.05, 3.63) is 100 Å². The minimum Gasteiger partial charge on any atom is -0.484 e. The molecule has 172 valence electrons. The van der Waals surface area contributed by atoms with Gasteiger partial charge in [-0.1, -0.05) is 76.1 Å². The van der Waals surface area contributed by atoms with E-state index in [0.29, 0.717) is 25.3 Å². The number of nitrogens with one attached hydrogen (secondary N) is 1. The molecule has 5 nitrogen and oxygen atoms in total. The Morgan fingerprint density at radius 2 is 1.61 bits per heavy atom. The summed E-state index contributed by atoms with van der Waals surface area (Å²) in [6.45, 7) is 4.55. The van der Waals surface area contributed by atoms with Crippen molar-refractivity contribution in [2.75, 3.05) is 13.2 Å². The summed E-state index contributed by atoms with van der Waals surface area (Å²) in [5.41, 5.74) is 3.09. The summed E-state index contributed by atoms with van der Waals surface area (Å²) in [5, 5.41) is 2.90. The van der Waals surface area contributed by atoms with Crippen LogP contribution in [0.15, 0.2) is 83.3 Å². The maximum atomic E-state index is 13.4. The second-order valence-corrected chi connectivity index (χ2v) is 8.77. The van der Waals surface area contributed by atoms with Crippen molar-refractivity contribution in [2.24, 2.45) is 0 Å². The SMILES string of the molecule is CCNC(=O)[C@@H](Cc1ccccc1)N(Cc1ccc(C)cc1)C(=O)COc1ccc(Br)cc1. The Balaban J connectivity index is 1.87. The summed E-state index contributed by atoms with van der Waals surface area (Å²) < 4.78 is 6.69. The van der Waals surface area contributed by atoms with Crippen LogP contribution in [0.5, 0.6) is 5.75 Å². The van der Waals surface area contributed by atoms with Crippen molar-refractivity contribution in [3.63, 3.8) is 0 Å². The third-order valence-electron chi connectivity index (χ3n) is 5.27. The Hall–Kier alpha value is -3.12. The number of halogens is 1. The van der Waals surface area contributed by atoms with E-state index < -0.39 is 6.04 Å². The minimum atomic E-state index is -0.658. The summed E-state index contributed by atoms with van der Waals surface area (Å²) in [6, 6.07) is 24.4. The summed E-state index contributed by atoms with van der Waals surface area (Å²) in [5.74, 6) is 0.176. The summed E-state index contributed by atoms with van der Waals surface area (Å²) >= 11 is 3.40. The number of hydrogen-bond acceptors (Lipinski definition) is 3. The number of nitrogens with zero attached hydrogens (tertiary/aromatic N) is 1. The van der Waals surface area contributed by atoms with E-state index in [1.54, 1.807) is 17.0 Å². The monoisotopic (exact) mass is 508 g/mol. The highest BCUT2D eigenvalue weighted by molar-refractivity contribution is 9.10.